The molecule has 2 bridgehead atoms. The number of Topliss-reactive ketones (excluding diaryl/α,β-unsaturated/α-hetero) is 1. The zero-order valence-corrected chi connectivity index (χ0v) is 10.2. The Hall–Kier alpha value is -0.860. The molecule has 3 heteroatoms. The van der Waals surface area contributed by atoms with Gasteiger partial charge in [0.25, 0.3) is 0 Å². The Balaban J connectivity index is 2.18. The van der Waals surface area contributed by atoms with E-state index in [1.165, 1.54) is 0 Å². The van der Waals surface area contributed by atoms with Crippen LogP contribution in [0.1, 0.15) is 33.6 Å². The zero-order chi connectivity index (χ0) is 11.9. The normalized spacial score (nSPS) is 37.1. The minimum atomic E-state index is -0.0822. The average Bonchev–Trinajstić information content (AvgIpc) is 2.73. The summed E-state index contributed by atoms with van der Waals surface area (Å²) in [6.45, 7) is 6.47. The lowest BCUT2D eigenvalue weighted by Gasteiger charge is -2.31. The fourth-order valence-electron chi connectivity index (χ4n) is 3.63. The molecule has 0 aromatic heterocycles. The van der Waals surface area contributed by atoms with E-state index in [2.05, 4.69) is 13.8 Å². The Morgan fingerprint density at radius 2 is 2.19 bits per heavy atom. The Kier molecular flexibility index (Phi) is 3.04. The van der Waals surface area contributed by atoms with Crippen LogP contribution in [-0.4, -0.2) is 18.4 Å². The van der Waals surface area contributed by atoms with E-state index in [4.69, 9.17) is 4.74 Å². The molecule has 0 radical (unpaired) electrons. The van der Waals surface area contributed by atoms with Crippen LogP contribution in [0, 0.1) is 29.6 Å². The van der Waals surface area contributed by atoms with Crippen LogP contribution in [0.25, 0.3) is 0 Å². The molecule has 0 aromatic carbocycles. The summed E-state index contributed by atoms with van der Waals surface area (Å²) in [6.07, 6.45) is 1.50. The molecule has 0 saturated heterocycles. The van der Waals surface area contributed by atoms with Crippen LogP contribution < -0.4 is 0 Å². The van der Waals surface area contributed by atoms with E-state index < -0.39 is 0 Å². The van der Waals surface area contributed by atoms with Crippen molar-refractivity contribution in [1.82, 2.24) is 0 Å². The molecule has 2 fully saturated rings. The molecule has 0 amide bonds. The van der Waals surface area contributed by atoms with Gasteiger partial charge in [0.2, 0.25) is 0 Å². The van der Waals surface area contributed by atoms with E-state index in [1.807, 2.05) is 6.92 Å². The molecule has 0 heterocycles. The third-order valence-corrected chi connectivity index (χ3v) is 4.15. The third kappa shape index (κ3) is 1.66. The second kappa shape index (κ2) is 4.19. The largest absolute Gasteiger partial charge is 0.466 e. The van der Waals surface area contributed by atoms with Crippen molar-refractivity contribution in [2.24, 2.45) is 29.6 Å². The van der Waals surface area contributed by atoms with Crippen LogP contribution in [0.5, 0.6) is 0 Å². The highest BCUT2D eigenvalue weighted by Gasteiger charge is 2.56. The molecular weight excluding hydrogens is 204 g/mol. The van der Waals surface area contributed by atoms with Crippen LogP contribution in [0.3, 0.4) is 0 Å². The summed E-state index contributed by atoms with van der Waals surface area (Å²) in [6, 6.07) is 0. The molecule has 2 aliphatic rings. The lowest BCUT2D eigenvalue weighted by Crippen LogP contribution is -2.37. The molecule has 16 heavy (non-hydrogen) atoms. The minimum absolute atomic E-state index is 0.0253. The van der Waals surface area contributed by atoms with Gasteiger partial charge in [-0.1, -0.05) is 13.8 Å². The fourth-order valence-corrected chi connectivity index (χ4v) is 3.63. The van der Waals surface area contributed by atoms with Crippen molar-refractivity contribution in [1.29, 1.82) is 0 Å². The van der Waals surface area contributed by atoms with Crippen molar-refractivity contribution in [2.45, 2.75) is 33.6 Å². The number of ether oxygens (including phenoxy) is 1. The first kappa shape index (κ1) is 11.6. The highest BCUT2D eigenvalue weighted by atomic mass is 16.5. The summed E-state index contributed by atoms with van der Waals surface area (Å²) in [5.74, 6) is 1.23. The van der Waals surface area contributed by atoms with Crippen LogP contribution in [0.15, 0.2) is 0 Å². The summed E-state index contributed by atoms with van der Waals surface area (Å²) < 4.78 is 5.14. The lowest BCUT2D eigenvalue weighted by molar-refractivity contribution is -0.153. The lowest BCUT2D eigenvalue weighted by atomic mass is 9.73. The summed E-state index contributed by atoms with van der Waals surface area (Å²) in [4.78, 5) is 23.6. The average molecular weight is 224 g/mol. The maximum absolute atomic E-state index is 11.9. The number of ketones is 1. The van der Waals surface area contributed by atoms with Crippen LogP contribution in [0.4, 0.5) is 0 Å². The summed E-state index contributed by atoms with van der Waals surface area (Å²) in [5.41, 5.74) is 0. The molecule has 3 nitrogen and oxygen atoms in total. The number of carbonyl (C=O) groups is 2. The van der Waals surface area contributed by atoms with Crippen molar-refractivity contribution in [3.63, 3.8) is 0 Å². The molecule has 0 N–H and O–H groups in total. The van der Waals surface area contributed by atoms with Crippen LogP contribution >= 0.6 is 0 Å². The number of esters is 1. The molecule has 0 spiro atoms. The van der Waals surface area contributed by atoms with Gasteiger partial charge in [-0.15, -0.1) is 0 Å². The highest BCUT2D eigenvalue weighted by Crippen LogP contribution is 2.53. The van der Waals surface area contributed by atoms with Gasteiger partial charge in [-0.25, -0.2) is 0 Å². The smallest absolute Gasteiger partial charge is 0.309 e. The standard InChI is InChI=1S/C13H20O3/c1-4-16-13(15)12-8-5-9(10(14)6-8)11(12)7(2)3/h7-9,11-12H,4-6H2,1-3H3. The Morgan fingerprint density at radius 3 is 2.75 bits per heavy atom. The molecule has 4 unspecified atom stereocenters. The first-order valence-corrected chi connectivity index (χ1v) is 6.25. The molecule has 0 aromatic rings. The van der Waals surface area contributed by atoms with Crippen molar-refractivity contribution in [2.75, 3.05) is 6.61 Å². The van der Waals surface area contributed by atoms with E-state index in [1.54, 1.807) is 0 Å². The summed E-state index contributed by atoms with van der Waals surface area (Å²) in [5, 5.41) is 0. The van der Waals surface area contributed by atoms with E-state index in [0.29, 0.717) is 24.7 Å². The predicted molar refractivity (Wildman–Crippen MR) is 59.7 cm³/mol. The van der Waals surface area contributed by atoms with Gasteiger partial charge in [0.05, 0.1) is 12.5 Å². The van der Waals surface area contributed by atoms with Gasteiger partial charge < -0.3 is 4.74 Å². The number of rotatable bonds is 3. The molecule has 90 valence electrons. The second-order valence-electron chi connectivity index (χ2n) is 5.37. The number of hydrogen-bond acceptors (Lipinski definition) is 3. The number of fused-ring (bicyclic) bond motifs is 2. The summed E-state index contributed by atoms with van der Waals surface area (Å²) >= 11 is 0. The maximum atomic E-state index is 11.9. The Labute approximate surface area is 96.5 Å². The maximum Gasteiger partial charge on any atom is 0.309 e. The van der Waals surface area contributed by atoms with Crippen LogP contribution in [-0.2, 0) is 14.3 Å². The minimum Gasteiger partial charge on any atom is -0.466 e. The van der Waals surface area contributed by atoms with Gasteiger partial charge >= 0.3 is 5.97 Å². The number of carbonyl (C=O) groups excluding carboxylic acids is 2. The molecule has 4 atom stereocenters. The van der Waals surface area contributed by atoms with Crippen molar-refractivity contribution in [3.8, 4) is 0 Å². The van der Waals surface area contributed by atoms with Gasteiger partial charge in [0, 0.05) is 12.3 Å². The third-order valence-electron chi connectivity index (χ3n) is 4.15. The second-order valence-corrected chi connectivity index (χ2v) is 5.37. The van der Waals surface area contributed by atoms with Crippen molar-refractivity contribution >= 4 is 11.8 Å². The monoisotopic (exact) mass is 224 g/mol. The molecule has 2 aliphatic carbocycles. The highest BCUT2D eigenvalue weighted by molar-refractivity contribution is 5.88. The Bertz CT molecular complexity index is 308. The first-order chi connectivity index (χ1) is 7.56. The fraction of sp³-hybridized carbons (Fsp3) is 0.846. The SMILES string of the molecule is CCOC(=O)C1C2CC(=O)C(C2)C1C(C)C. The topological polar surface area (TPSA) is 43.4 Å². The van der Waals surface area contributed by atoms with E-state index in [0.717, 1.165) is 6.42 Å². The van der Waals surface area contributed by atoms with Crippen LogP contribution in [0.2, 0.25) is 0 Å². The Morgan fingerprint density at radius 1 is 1.50 bits per heavy atom. The van der Waals surface area contributed by atoms with E-state index >= 15 is 0 Å². The van der Waals surface area contributed by atoms with Crippen molar-refractivity contribution in [3.05, 3.63) is 0 Å². The van der Waals surface area contributed by atoms with Gasteiger partial charge in [0.15, 0.2) is 0 Å². The van der Waals surface area contributed by atoms with Gasteiger partial charge in [0.1, 0.15) is 5.78 Å². The first-order valence-electron chi connectivity index (χ1n) is 6.25. The number of hydrogen-bond donors (Lipinski definition) is 0. The van der Waals surface area contributed by atoms with Gasteiger partial charge in [-0.2, -0.15) is 0 Å². The van der Waals surface area contributed by atoms with E-state index in [-0.39, 0.29) is 29.6 Å². The van der Waals surface area contributed by atoms with Crippen molar-refractivity contribution < 1.29 is 14.3 Å². The zero-order valence-electron chi connectivity index (χ0n) is 10.2. The van der Waals surface area contributed by atoms with E-state index in [9.17, 15) is 9.59 Å². The predicted octanol–water partition coefficient (Wildman–Crippen LogP) is 2.05. The van der Waals surface area contributed by atoms with Gasteiger partial charge in [-0.3, -0.25) is 9.59 Å². The molecule has 0 aliphatic heterocycles. The molecular formula is C13H20O3. The molecule has 2 saturated carbocycles. The summed E-state index contributed by atoms with van der Waals surface area (Å²) in [7, 11) is 0. The van der Waals surface area contributed by atoms with Gasteiger partial charge in [-0.05, 0) is 31.1 Å². The quantitative estimate of drug-likeness (QED) is 0.689. The molecule has 2 rings (SSSR count).